The van der Waals surface area contributed by atoms with Gasteiger partial charge in [-0.1, -0.05) is 0 Å². The lowest BCUT2D eigenvalue weighted by Gasteiger charge is -2.01. The number of phenolic OH excluding ortho intramolecular Hbond substituents is 1. The maximum atomic E-state index is 9.27. The van der Waals surface area contributed by atoms with Crippen molar-refractivity contribution in [3.63, 3.8) is 0 Å². The van der Waals surface area contributed by atoms with E-state index in [2.05, 4.69) is 20.5 Å². The Morgan fingerprint density at radius 3 is 1.85 bits per heavy atom. The van der Waals surface area contributed by atoms with Gasteiger partial charge in [0.25, 0.3) is 0 Å². The minimum atomic E-state index is 0.200. The Kier molecular flexibility index (Phi) is 5.34. The van der Waals surface area contributed by atoms with E-state index in [-0.39, 0.29) is 5.75 Å². The predicted octanol–water partition coefficient (Wildman–Crippen LogP) is 6.54. The summed E-state index contributed by atoms with van der Waals surface area (Å²) in [5.74, 6) is 0.981. The van der Waals surface area contributed by atoms with E-state index in [1.165, 1.54) is 0 Å². The molecule has 6 heteroatoms. The maximum absolute atomic E-state index is 9.27. The third-order valence-corrected chi connectivity index (χ3v) is 3.66. The van der Waals surface area contributed by atoms with Crippen molar-refractivity contribution in [3.05, 3.63) is 72.3 Å². The van der Waals surface area contributed by atoms with E-state index < -0.39 is 0 Å². The zero-order valence-electron chi connectivity index (χ0n) is 14.5. The summed E-state index contributed by atoms with van der Waals surface area (Å²) < 4.78 is 5.12. The molecule has 0 aliphatic rings. The number of aromatic hydroxyl groups is 1. The zero-order valence-corrected chi connectivity index (χ0v) is 14.5. The number of azo groups is 2. The fraction of sp³-hybridized carbons (Fsp3) is 0.100. The highest BCUT2D eigenvalue weighted by molar-refractivity contribution is 5.54. The smallest absolute Gasteiger partial charge is 0.119 e. The van der Waals surface area contributed by atoms with Crippen LogP contribution in [0.1, 0.15) is 5.56 Å². The Bertz CT molecular complexity index is 933. The minimum Gasteiger partial charge on any atom is -0.508 e. The quantitative estimate of drug-likeness (QED) is 0.532. The van der Waals surface area contributed by atoms with Gasteiger partial charge in [0.05, 0.1) is 29.9 Å². The van der Waals surface area contributed by atoms with Crippen LogP contribution in [0.2, 0.25) is 0 Å². The Morgan fingerprint density at radius 1 is 0.692 bits per heavy atom. The normalized spacial score (nSPS) is 11.3. The average molecular weight is 346 g/mol. The van der Waals surface area contributed by atoms with Crippen molar-refractivity contribution in [3.8, 4) is 11.5 Å². The molecule has 0 spiro atoms. The first kappa shape index (κ1) is 17.3. The summed E-state index contributed by atoms with van der Waals surface area (Å²) in [6.45, 7) is 1.95. The Hall–Kier alpha value is -3.54. The lowest BCUT2D eigenvalue weighted by molar-refractivity contribution is 0.415. The molecule has 3 rings (SSSR count). The molecule has 0 bridgehead atoms. The van der Waals surface area contributed by atoms with E-state index in [4.69, 9.17) is 4.74 Å². The van der Waals surface area contributed by atoms with Gasteiger partial charge in [-0.05, 0) is 79.2 Å². The molecule has 0 aliphatic carbocycles. The van der Waals surface area contributed by atoms with Gasteiger partial charge in [0.1, 0.15) is 11.5 Å². The molecule has 0 aliphatic heterocycles. The van der Waals surface area contributed by atoms with Gasteiger partial charge in [-0.3, -0.25) is 0 Å². The molecule has 1 N–H and O–H groups in total. The van der Waals surface area contributed by atoms with Crippen molar-refractivity contribution >= 4 is 22.7 Å². The number of methoxy groups -OCH3 is 1. The van der Waals surface area contributed by atoms with Gasteiger partial charge in [-0.2, -0.15) is 20.5 Å². The fourth-order valence-corrected chi connectivity index (χ4v) is 2.21. The summed E-state index contributed by atoms with van der Waals surface area (Å²) in [6, 6.07) is 19.5. The van der Waals surface area contributed by atoms with Crippen molar-refractivity contribution in [1.29, 1.82) is 0 Å². The molecule has 0 fully saturated rings. The Labute approximate surface area is 151 Å². The number of hydrogen-bond donors (Lipinski definition) is 1. The topological polar surface area (TPSA) is 78.9 Å². The molecular weight excluding hydrogens is 328 g/mol. The van der Waals surface area contributed by atoms with Crippen LogP contribution in [0.15, 0.2) is 87.2 Å². The molecule has 0 atom stereocenters. The second-order valence-corrected chi connectivity index (χ2v) is 5.59. The third kappa shape index (κ3) is 4.51. The van der Waals surface area contributed by atoms with Crippen LogP contribution in [0, 0.1) is 6.92 Å². The van der Waals surface area contributed by atoms with E-state index in [0.717, 1.165) is 28.4 Å². The molecule has 0 saturated carbocycles. The van der Waals surface area contributed by atoms with Gasteiger partial charge < -0.3 is 9.84 Å². The van der Waals surface area contributed by atoms with E-state index in [9.17, 15) is 5.11 Å². The van der Waals surface area contributed by atoms with E-state index in [1.807, 2.05) is 49.4 Å². The standard InChI is InChI=1S/C20H18N4O2/c1-14-13-17(23-21-15-3-8-18(25)9-4-15)7-12-20(14)24-22-16-5-10-19(26-2)11-6-16/h3-13,25H,1-2H3. The zero-order chi connectivity index (χ0) is 18.4. The van der Waals surface area contributed by atoms with Crippen LogP contribution < -0.4 is 4.74 Å². The molecule has 0 unspecified atom stereocenters. The van der Waals surface area contributed by atoms with Gasteiger partial charge in [-0.25, -0.2) is 0 Å². The first-order valence-corrected chi connectivity index (χ1v) is 8.01. The number of rotatable bonds is 5. The van der Waals surface area contributed by atoms with E-state index in [0.29, 0.717) is 5.69 Å². The number of ether oxygens (including phenoxy) is 1. The number of nitrogens with zero attached hydrogens (tertiary/aromatic N) is 4. The largest absolute Gasteiger partial charge is 0.508 e. The average Bonchev–Trinajstić information content (AvgIpc) is 2.67. The molecule has 6 nitrogen and oxygen atoms in total. The second kappa shape index (κ2) is 8.02. The highest BCUT2D eigenvalue weighted by atomic mass is 16.5. The lowest BCUT2D eigenvalue weighted by atomic mass is 10.2. The fourth-order valence-electron chi connectivity index (χ4n) is 2.21. The molecule has 0 saturated heterocycles. The van der Waals surface area contributed by atoms with Crippen molar-refractivity contribution in [2.45, 2.75) is 6.92 Å². The summed E-state index contributed by atoms with van der Waals surface area (Å²) in [4.78, 5) is 0. The van der Waals surface area contributed by atoms with Gasteiger partial charge in [0, 0.05) is 0 Å². The Morgan fingerprint density at radius 2 is 1.23 bits per heavy atom. The summed E-state index contributed by atoms with van der Waals surface area (Å²) in [6.07, 6.45) is 0. The van der Waals surface area contributed by atoms with E-state index >= 15 is 0 Å². The monoisotopic (exact) mass is 346 g/mol. The Balaban J connectivity index is 1.72. The van der Waals surface area contributed by atoms with Crippen molar-refractivity contribution < 1.29 is 9.84 Å². The number of aryl methyl sites for hydroxylation is 1. The van der Waals surface area contributed by atoms with Crippen LogP contribution in [0.25, 0.3) is 0 Å². The highest BCUT2D eigenvalue weighted by Crippen LogP contribution is 2.28. The minimum absolute atomic E-state index is 0.200. The predicted molar refractivity (Wildman–Crippen MR) is 101 cm³/mol. The van der Waals surface area contributed by atoms with Crippen molar-refractivity contribution in [1.82, 2.24) is 0 Å². The van der Waals surface area contributed by atoms with Crippen molar-refractivity contribution in [2.75, 3.05) is 7.11 Å². The molecule has 26 heavy (non-hydrogen) atoms. The first-order chi connectivity index (χ1) is 12.6. The highest BCUT2D eigenvalue weighted by Gasteiger charge is 2.00. The van der Waals surface area contributed by atoms with Gasteiger partial charge in [0.2, 0.25) is 0 Å². The summed E-state index contributed by atoms with van der Waals surface area (Å²) in [5.41, 5.74) is 3.86. The van der Waals surface area contributed by atoms with Crippen molar-refractivity contribution in [2.24, 2.45) is 20.5 Å². The molecule has 0 radical (unpaired) electrons. The number of benzene rings is 3. The van der Waals surface area contributed by atoms with E-state index in [1.54, 1.807) is 31.4 Å². The molecule has 0 amide bonds. The second-order valence-electron chi connectivity index (χ2n) is 5.59. The van der Waals surface area contributed by atoms with Crippen LogP contribution in [0.5, 0.6) is 11.5 Å². The molecule has 130 valence electrons. The van der Waals surface area contributed by atoms with Crippen LogP contribution in [-0.4, -0.2) is 12.2 Å². The molecular formula is C20H18N4O2. The van der Waals surface area contributed by atoms with Gasteiger partial charge in [0.15, 0.2) is 0 Å². The third-order valence-electron chi connectivity index (χ3n) is 3.66. The summed E-state index contributed by atoms with van der Waals surface area (Å²) in [5, 5.41) is 26.1. The maximum Gasteiger partial charge on any atom is 0.119 e. The van der Waals surface area contributed by atoms with Gasteiger partial charge in [-0.15, -0.1) is 0 Å². The number of phenols is 1. The first-order valence-electron chi connectivity index (χ1n) is 8.01. The molecule has 3 aromatic carbocycles. The van der Waals surface area contributed by atoms with Crippen LogP contribution in [0.3, 0.4) is 0 Å². The van der Waals surface area contributed by atoms with Gasteiger partial charge >= 0.3 is 0 Å². The lowest BCUT2D eigenvalue weighted by Crippen LogP contribution is -1.79. The molecule has 3 aromatic rings. The van der Waals surface area contributed by atoms with Crippen LogP contribution in [-0.2, 0) is 0 Å². The number of hydrogen-bond acceptors (Lipinski definition) is 6. The van der Waals surface area contributed by atoms with Crippen LogP contribution >= 0.6 is 0 Å². The van der Waals surface area contributed by atoms with Crippen LogP contribution in [0.4, 0.5) is 22.7 Å². The molecule has 0 heterocycles. The molecule has 0 aromatic heterocycles. The summed E-state index contributed by atoms with van der Waals surface area (Å²) in [7, 11) is 1.63. The SMILES string of the molecule is COc1ccc(N=Nc2ccc(N=Nc3ccc(O)cc3)cc2C)cc1. The summed E-state index contributed by atoms with van der Waals surface area (Å²) >= 11 is 0.